The number of anilines is 1. The number of nitrogens with two attached hydrogens (primary N) is 1. The first-order valence-corrected chi connectivity index (χ1v) is 4.51. The van der Waals surface area contributed by atoms with Crippen molar-refractivity contribution in [2.45, 2.75) is 6.92 Å². The van der Waals surface area contributed by atoms with E-state index in [0.29, 0.717) is 0 Å². The van der Waals surface area contributed by atoms with Crippen LogP contribution < -0.4 is 5.73 Å². The van der Waals surface area contributed by atoms with Crippen LogP contribution in [0.2, 0.25) is 5.02 Å². The Kier molecular flexibility index (Phi) is 1.89. The average Bonchev–Trinajstić information content (AvgIpc) is 2.12. The maximum absolute atomic E-state index is 6.04. The standard InChI is InChI=1S/C11H10ClN/c1-7-8-3-2-4-10(12)9(8)5-6-11(7)13/h2-6H,13H2,1H3. The van der Waals surface area contributed by atoms with Crippen LogP contribution in [0.15, 0.2) is 30.3 Å². The van der Waals surface area contributed by atoms with Gasteiger partial charge in [-0.3, -0.25) is 0 Å². The fraction of sp³-hybridized carbons (Fsp3) is 0.0909. The van der Waals surface area contributed by atoms with Gasteiger partial charge in [-0.05, 0) is 30.0 Å². The summed E-state index contributed by atoms with van der Waals surface area (Å²) in [5, 5.41) is 2.98. The molecule has 0 unspecified atom stereocenters. The first-order valence-electron chi connectivity index (χ1n) is 4.13. The van der Waals surface area contributed by atoms with Crippen molar-refractivity contribution in [2.24, 2.45) is 0 Å². The molecule has 66 valence electrons. The van der Waals surface area contributed by atoms with Gasteiger partial charge in [0.2, 0.25) is 0 Å². The highest BCUT2D eigenvalue weighted by Crippen LogP contribution is 2.28. The van der Waals surface area contributed by atoms with Crippen molar-refractivity contribution in [3.8, 4) is 0 Å². The molecule has 2 aromatic carbocycles. The van der Waals surface area contributed by atoms with E-state index >= 15 is 0 Å². The van der Waals surface area contributed by atoms with E-state index in [1.54, 1.807) is 0 Å². The molecule has 0 spiro atoms. The van der Waals surface area contributed by atoms with Crippen LogP contribution in [0.1, 0.15) is 5.56 Å². The Balaban J connectivity index is 2.94. The van der Waals surface area contributed by atoms with Crippen LogP contribution in [0.5, 0.6) is 0 Å². The molecule has 0 saturated heterocycles. The Labute approximate surface area is 82.1 Å². The van der Waals surface area contributed by atoms with Gasteiger partial charge >= 0.3 is 0 Å². The lowest BCUT2D eigenvalue weighted by Gasteiger charge is -2.06. The molecule has 13 heavy (non-hydrogen) atoms. The number of nitrogen functional groups attached to an aromatic ring is 1. The summed E-state index contributed by atoms with van der Waals surface area (Å²) >= 11 is 6.04. The van der Waals surface area contributed by atoms with E-state index in [9.17, 15) is 0 Å². The molecule has 0 aliphatic carbocycles. The fourth-order valence-electron chi connectivity index (χ4n) is 1.49. The molecule has 0 aliphatic heterocycles. The molecule has 0 aromatic heterocycles. The SMILES string of the molecule is Cc1c(N)ccc2c(Cl)cccc12. The molecular weight excluding hydrogens is 182 g/mol. The number of rotatable bonds is 0. The Morgan fingerprint density at radius 2 is 1.85 bits per heavy atom. The summed E-state index contributed by atoms with van der Waals surface area (Å²) in [5.74, 6) is 0. The number of halogens is 1. The van der Waals surface area contributed by atoms with Gasteiger partial charge in [-0.15, -0.1) is 0 Å². The molecule has 2 aromatic rings. The summed E-state index contributed by atoms with van der Waals surface area (Å²) < 4.78 is 0. The maximum atomic E-state index is 6.04. The van der Waals surface area contributed by atoms with Crippen molar-refractivity contribution in [2.75, 3.05) is 5.73 Å². The van der Waals surface area contributed by atoms with Crippen molar-refractivity contribution in [3.63, 3.8) is 0 Å². The van der Waals surface area contributed by atoms with Gasteiger partial charge in [0, 0.05) is 16.1 Å². The summed E-state index contributed by atoms with van der Waals surface area (Å²) in [7, 11) is 0. The van der Waals surface area contributed by atoms with Crippen LogP contribution >= 0.6 is 11.6 Å². The Bertz CT molecular complexity index is 463. The summed E-state index contributed by atoms with van der Waals surface area (Å²) in [6.45, 7) is 2.01. The zero-order valence-electron chi connectivity index (χ0n) is 7.34. The third-order valence-corrected chi connectivity index (χ3v) is 2.65. The van der Waals surface area contributed by atoms with Gasteiger partial charge in [0.15, 0.2) is 0 Å². The van der Waals surface area contributed by atoms with Gasteiger partial charge in [0.1, 0.15) is 0 Å². The molecule has 0 aliphatic rings. The smallest absolute Gasteiger partial charge is 0.0484 e. The minimum atomic E-state index is 0.778. The molecule has 2 N–H and O–H groups in total. The van der Waals surface area contributed by atoms with Gasteiger partial charge in [0.25, 0.3) is 0 Å². The molecule has 0 saturated carbocycles. The van der Waals surface area contributed by atoms with E-state index in [0.717, 1.165) is 27.0 Å². The molecular formula is C11H10ClN. The molecule has 0 heterocycles. The third kappa shape index (κ3) is 1.25. The van der Waals surface area contributed by atoms with E-state index in [1.165, 1.54) is 0 Å². The van der Waals surface area contributed by atoms with Crippen molar-refractivity contribution >= 4 is 28.1 Å². The van der Waals surface area contributed by atoms with Crippen LogP contribution in [-0.4, -0.2) is 0 Å². The predicted molar refractivity (Wildman–Crippen MR) is 58.1 cm³/mol. The third-order valence-electron chi connectivity index (χ3n) is 2.32. The Hall–Kier alpha value is -1.21. The number of hydrogen-bond donors (Lipinski definition) is 1. The average molecular weight is 192 g/mol. The molecule has 1 nitrogen and oxygen atoms in total. The van der Waals surface area contributed by atoms with Crippen LogP contribution in [0, 0.1) is 6.92 Å². The lowest BCUT2D eigenvalue weighted by Crippen LogP contribution is -1.89. The van der Waals surface area contributed by atoms with Crippen molar-refractivity contribution in [1.82, 2.24) is 0 Å². The lowest BCUT2D eigenvalue weighted by atomic mass is 10.0. The van der Waals surface area contributed by atoms with Gasteiger partial charge < -0.3 is 5.73 Å². The molecule has 2 rings (SSSR count). The highest BCUT2D eigenvalue weighted by atomic mass is 35.5. The first kappa shape index (κ1) is 8.39. The number of aryl methyl sites for hydroxylation is 1. The highest BCUT2D eigenvalue weighted by Gasteiger charge is 2.02. The summed E-state index contributed by atoms with van der Waals surface area (Å²) in [6.07, 6.45) is 0. The predicted octanol–water partition coefficient (Wildman–Crippen LogP) is 3.38. The maximum Gasteiger partial charge on any atom is 0.0484 e. The van der Waals surface area contributed by atoms with Crippen molar-refractivity contribution in [3.05, 3.63) is 40.9 Å². The largest absolute Gasteiger partial charge is 0.398 e. The zero-order chi connectivity index (χ0) is 9.42. The summed E-state index contributed by atoms with van der Waals surface area (Å²) in [4.78, 5) is 0. The number of hydrogen-bond acceptors (Lipinski definition) is 1. The van der Waals surface area contributed by atoms with E-state index in [-0.39, 0.29) is 0 Å². The van der Waals surface area contributed by atoms with Gasteiger partial charge in [-0.2, -0.15) is 0 Å². The second kappa shape index (κ2) is 2.93. The fourth-order valence-corrected chi connectivity index (χ4v) is 1.72. The van der Waals surface area contributed by atoms with Crippen LogP contribution in [-0.2, 0) is 0 Å². The Morgan fingerprint density at radius 1 is 1.08 bits per heavy atom. The van der Waals surface area contributed by atoms with E-state index < -0.39 is 0 Å². The molecule has 0 amide bonds. The minimum Gasteiger partial charge on any atom is -0.398 e. The lowest BCUT2D eigenvalue weighted by molar-refractivity contribution is 1.52. The van der Waals surface area contributed by atoms with Crippen molar-refractivity contribution in [1.29, 1.82) is 0 Å². The number of benzene rings is 2. The Morgan fingerprint density at radius 3 is 2.62 bits per heavy atom. The normalized spacial score (nSPS) is 10.6. The molecule has 2 heteroatoms. The van der Waals surface area contributed by atoms with E-state index in [4.69, 9.17) is 17.3 Å². The van der Waals surface area contributed by atoms with Crippen LogP contribution in [0.25, 0.3) is 10.8 Å². The first-order chi connectivity index (χ1) is 6.20. The van der Waals surface area contributed by atoms with E-state index in [1.807, 2.05) is 37.3 Å². The number of fused-ring (bicyclic) bond motifs is 1. The van der Waals surface area contributed by atoms with Gasteiger partial charge in [0.05, 0.1) is 0 Å². The molecule has 0 bridgehead atoms. The molecule has 0 atom stereocenters. The quantitative estimate of drug-likeness (QED) is 0.635. The second-order valence-electron chi connectivity index (χ2n) is 3.11. The van der Waals surface area contributed by atoms with E-state index in [2.05, 4.69) is 0 Å². The molecule has 0 fully saturated rings. The minimum absolute atomic E-state index is 0.778. The van der Waals surface area contributed by atoms with Gasteiger partial charge in [-0.1, -0.05) is 29.8 Å². The van der Waals surface area contributed by atoms with Crippen LogP contribution in [0.3, 0.4) is 0 Å². The van der Waals surface area contributed by atoms with Crippen molar-refractivity contribution < 1.29 is 0 Å². The van der Waals surface area contributed by atoms with Gasteiger partial charge in [-0.25, -0.2) is 0 Å². The monoisotopic (exact) mass is 191 g/mol. The summed E-state index contributed by atoms with van der Waals surface area (Å²) in [6, 6.07) is 9.72. The highest BCUT2D eigenvalue weighted by molar-refractivity contribution is 6.35. The molecule has 0 radical (unpaired) electrons. The summed E-state index contributed by atoms with van der Waals surface area (Å²) in [5.41, 5.74) is 7.70. The van der Waals surface area contributed by atoms with Crippen LogP contribution in [0.4, 0.5) is 5.69 Å². The second-order valence-corrected chi connectivity index (χ2v) is 3.52. The topological polar surface area (TPSA) is 26.0 Å². The zero-order valence-corrected chi connectivity index (χ0v) is 8.10.